The molecule has 0 bridgehead atoms. The molecule has 1 amide bonds. The van der Waals surface area contributed by atoms with E-state index in [1.54, 1.807) is 18.2 Å². The fourth-order valence-electron chi connectivity index (χ4n) is 4.82. The van der Waals surface area contributed by atoms with Crippen LogP contribution >= 0.6 is 43.5 Å². The van der Waals surface area contributed by atoms with Gasteiger partial charge in [-0.2, -0.15) is 9.78 Å². The average Bonchev–Trinajstić information content (AvgIpc) is 2.94. The lowest BCUT2D eigenvalue weighted by molar-refractivity contribution is -0.118. The molecule has 0 unspecified atom stereocenters. The van der Waals surface area contributed by atoms with Crippen LogP contribution in [0, 0.1) is 6.92 Å². The zero-order valence-corrected chi connectivity index (χ0v) is 25.7. The second-order valence-corrected chi connectivity index (χ2v) is 12.0. The van der Waals surface area contributed by atoms with Crippen LogP contribution < -0.4 is 15.6 Å². The highest BCUT2D eigenvalue weighted by atomic mass is 79.9. The average molecular weight is 687 g/mol. The van der Waals surface area contributed by atoms with Gasteiger partial charge in [0, 0.05) is 26.7 Å². The van der Waals surface area contributed by atoms with Gasteiger partial charge in [0.2, 0.25) is 0 Å². The van der Waals surface area contributed by atoms with Gasteiger partial charge in [-0.25, -0.2) is 4.98 Å². The lowest BCUT2D eigenvalue weighted by Gasteiger charge is -2.22. The Morgan fingerprint density at radius 3 is 2.62 bits per heavy atom. The standard InChI is InChI=1S/C30H27Br2ClN4O3/c1-18-7-10-23(11-8-18)35-27(38)17-40-28-20(13-22(33)15-25(28)32)16-34-37-29(19-5-3-2-4-6-19)36-26-12-9-21(31)14-24(26)30(37)39/h7-16,19H,2-6,17H2,1H3,(H,35,38). The number of nitrogens with one attached hydrogen (secondary N) is 1. The van der Waals surface area contributed by atoms with Crippen LogP contribution in [-0.4, -0.2) is 28.4 Å². The lowest BCUT2D eigenvalue weighted by Crippen LogP contribution is -2.25. The summed E-state index contributed by atoms with van der Waals surface area (Å²) in [6.45, 7) is 1.75. The first-order valence-electron chi connectivity index (χ1n) is 13.0. The summed E-state index contributed by atoms with van der Waals surface area (Å²) in [5, 5.41) is 8.37. The van der Waals surface area contributed by atoms with Crippen LogP contribution in [0.25, 0.3) is 10.9 Å². The van der Waals surface area contributed by atoms with Gasteiger partial charge in [0.1, 0.15) is 11.6 Å². The Bertz CT molecular complexity index is 1650. The smallest absolute Gasteiger partial charge is 0.282 e. The summed E-state index contributed by atoms with van der Waals surface area (Å²) >= 11 is 13.3. The third kappa shape index (κ3) is 6.65. The number of carbonyl (C=O) groups is 1. The van der Waals surface area contributed by atoms with Crippen molar-refractivity contribution in [2.75, 3.05) is 11.9 Å². The Morgan fingerprint density at radius 1 is 1.12 bits per heavy atom. The number of halogens is 3. The first-order chi connectivity index (χ1) is 19.3. The largest absolute Gasteiger partial charge is 0.482 e. The number of carbonyl (C=O) groups excluding carboxylic acids is 1. The molecule has 3 aromatic carbocycles. The van der Waals surface area contributed by atoms with E-state index in [4.69, 9.17) is 21.3 Å². The van der Waals surface area contributed by atoms with Crippen molar-refractivity contribution in [3.05, 3.63) is 95.9 Å². The number of aromatic nitrogens is 2. The molecule has 1 N–H and O–H groups in total. The van der Waals surface area contributed by atoms with Gasteiger partial charge in [-0.05, 0) is 78.2 Å². The van der Waals surface area contributed by atoms with Crippen molar-refractivity contribution >= 4 is 72.2 Å². The number of fused-ring (bicyclic) bond motifs is 1. The second-order valence-electron chi connectivity index (χ2n) is 9.84. The monoisotopic (exact) mass is 684 g/mol. The SMILES string of the molecule is Cc1ccc(NC(=O)COc2c(Br)cc(Cl)cc2C=Nn2c(C3CCCCC3)nc3ccc(Br)cc3c2=O)cc1. The minimum absolute atomic E-state index is 0.138. The van der Waals surface area contributed by atoms with Gasteiger partial charge in [0.25, 0.3) is 11.5 Å². The Labute approximate surface area is 253 Å². The second kappa shape index (κ2) is 12.7. The van der Waals surface area contributed by atoms with Gasteiger partial charge in [-0.1, -0.05) is 64.5 Å². The summed E-state index contributed by atoms with van der Waals surface area (Å²) in [7, 11) is 0. The summed E-state index contributed by atoms with van der Waals surface area (Å²) in [4.78, 5) is 31.1. The van der Waals surface area contributed by atoms with E-state index in [9.17, 15) is 9.59 Å². The van der Waals surface area contributed by atoms with E-state index >= 15 is 0 Å². The Kier molecular flexibility index (Phi) is 9.03. The summed E-state index contributed by atoms with van der Waals surface area (Å²) in [6, 6.07) is 16.4. The van der Waals surface area contributed by atoms with Crippen LogP contribution in [0.2, 0.25) is 5.02 Å². The predicted octanol–water partition coefficient (Wildman–Crippen LogP) is 7.83. The highest BCUT2D eigenvalue weighted by Crippen LogP contribution is 2.34. The summed E-state index contributed by atoms with van der Waals surface area (Å²) in [5.41, 5.74) is 2.70. The maximum Gasteiger partial charge on any atom is 0.282 e. The van der Waals surface area contributed by atoms with Gasteiger partial charge >= 0.3 is 0 Å². The van der Waals surface area contributed by atoms with E-state index in [2.05, 4.69) is 42.3 Å². The topological polar surface area (TPSA) is 85.6 Å². The lowest BCUT2D eigenvalue weighted by atomic mass is 9.88. The Hall–Kier alpha value is -3.01. The molecule has 1 aromatic heterocycles. The molecule has 40 heavy (non-hydrogen) atoms. The van der Waals surface area contributed by atoms with Crippen LogP contribution in [0.3, 0.4) is 0 Å². The van der Waals surface area contributed by atoms with Crippen molar-refractivity contribution in [1.82, 2.24) is 9.66 Å². The van der Waals surface area contributed by atoms with Gasteiger partial charge in [0.05, 0.1) is 21.6 Å². The minimum Gasteiger partial charge on any atom is -0.482 e. The number of hydrogen-bond acceptors (Lipinski definition) is 5. The Balaban J connectivity index is 1.47. The summed E-state index contributed by atoms with van der Waals surface area (Å²) in [6.07, 6.45) is 6.80. The van der Waals surface area contributed by atoms with Crippen molar-refractivity contribution < 1.29 is 9.53 Å². The number of hydrogen-bond donors (Lipinski definition) is 1. The van der Waals surface area contributed by atoms with Crippen molar-refractivity contribution in [3.63, 3.8) is 0 Å². The molecule has 10 heteroatoms. The predicted molar refractivity (Wildman–Crippen MR) is 167 cm³/mol. The minimum atomic E-state index is -0.311. The molecule has 0 spiro atoms. The molecule has 1 aliphatic carbocycles. The molecule has 1 aliphatic rings. The fraction of sp³-hybridized carbons (Fsp3) is 0.267. The quantitative estimate of drug-likeness (QED) is 0.201. The zero-order chi connectivity index (χ0) is 28.2. The highest BCUT2D eigenvalue weighted by molar-refractivity contribution is 9.10. The summed E-state index contributed by atoms with van der Waals surface area (Å²) in [5.74, 6) is 0.861. The van der Waals surface area contributed by atoms with Crippen LogP contribution in [0.1, 0.15) is 55.0 Å². The van der Waals surface area contributed by atoms with Gasteiger partial charge in [-0.15, -0.1) is 0 Å². The molecule has 1 heterocycles. The van der Waals surface area contributed by atoms with E-state index in [0.717, 1.165) is 35.7 Å². The molecule has 0 aliphatic heterocycles. The van der Waals surface area contributed by atoms with Gasteiger partial charge < -0.3 is 10.1 Å². The van der Waals surface area contributed by atoms with Gasteiger partial charge in [-0.3, -0.25) is 9.59 Å². The molecule has 7 nitrogen and oxygen atoms in total. The number of aryl methyl sites for hydroxylation is 1. The number of benzene rings is 3. The number of nitrogens with zero attached hydrogens (tertiary/aromatic N) is 3. The molecule has 4 aromatic rings. The van der Waals surface area contributed by atoms with Crippen LogP contribution in [0.5, 0.6) is 5.75 Å². The molecule has 0 radical (unpaired) electrons. The normalized spacial score (nSPS) is 14.1. The number of ether oxygens (including phenoxy) is 1. The van der Waals surface area contributed by atoms with Crippen LogP contribution in [0.4, 0.5) is 5.69 Å². The number of rotatable bonds is 7. The number of anilines is 1. The first-order valence-corrected chi connectivity index (χ1v) is 15.0. The van der Waals surface area contributed by atoms with E-state index < -0.39 is 0 Å². The first kappa shape index (κ1) is 28.5. The zero-order valence-electron chi connectivity index (χ0n) is 21.8. The van der Waals surface area contributed by atoms with E-state index in [-0.39, 0.29) is 24.0 Å². The molecular weight excluding hydrogens is 660 g/mol. The molecule has 1 fully saturated rings. The molecule has 0 saturated heterocycles. The van der Waals surface area contributed by atoms with Crippen molar-refractivity contribution in [2.45, 2.75) is 44.9 Å². The van der Waals surface area contributed by atoms with E-state index in [1.165, 1.54) is 17.3 Å². The van der Waals surface area contributed by atoms with Crippen molar-refractivity contribution in [1.29, 1.82) is 0 Å². The van der Waals surface area contributed by atoms with Crippen LogP contribution in [-0.2, 0) is 4.79 Å². The highest BCUT2D eigenvalue weighted by Gasteiger charge is 2.23. The van der Waals surface area contributed by atoms with Crippen molar-refractivity contribution in [2.24, 2.45) is 5.10 Å². The van der Waals surface area contributed by atoms with E-state index in [1.807, 2.05) is 43.3 Å². The maximum absolute atomic E-state index is 13.7. The van der Waals surface area contributed by atoms with Gasteiger partial charge in [0.15, 0.2) is 6.61 Å². The molecule has 0 atom stereocenters. The molecule has 1 saturated carbocycles. The third-order valence-electron chi connectivity index (χ3n) is 6.84. The fourth-order valence-corrected chi connectivity index (χ4v) is 6.13. The molecular formula is C30H27Br2ClN4O3. The van der Waals surface area contributed by atoms with Crippen molar-refractivity contribution in [3.8, 4) is 5.75 Å². The third-order valence-corrected chi connectivity index (χ3v) is 8.14. The maximum atomic E-state index is 13.7. The Morgan fingerprint density at radius 2 is 1.88 bits per heavy atom. The van der Waals surface area contributed by atoms with Crippen LogP contribution in [0.15, 0.2) is 73.4 Å². The summed E-state index contributed by atoms with van der Waals surface area (Å²) < 4.78 is 8.66. The van der Waals surface area contributed by atoms with E-state index in [0.29, 0.717) is 43.2 Å². The number of amides is 1. The molecule has 5 rings (SSSR count). The molecule has 206 valence electrons.